The number of hydrogen-bond donors (Lipinski definition) is 2. The third-order valence-corrected chi connectivity index (χ3v) is 3.57. The molecule has 1 aromatic heterocycles. The quantitative estimate of drug-likeness (QED) is 0.825. The highest BCUT2D eigenvalue weighted by atomic mass is 79.9. The van der Waals surface area contributed by atoms with Crippen molar-refractivity contribution in [1.29, 1.82) is 0 Å². The van der Waals surface area contributed by atoms with Crippen LogP contribution in [0.15, 0.2) is 28.9 Å². The summed E-state index contributed by atoms with van der Waals surface area (Å²) in [5, 5.41) is 2.81. The van der Waals surface area contributed by atoms with Crippen LogP contribution >= 0.6 is 15.9 Å². The number of nitrogens with one attached hydrogen (secondary N) is 1. The summed E-state index contributed by atoms with van der Waals surface area (Å²) in [4.78, 5) is 16.5. The van der Waals surface area contributed by atoms with Gasteiger partial charge in [0, 0.05) is 21.9 Å². The average molecular weight is 334 g/mol. The first-order valence-corrected chi connectivity index (χ1v) is 6.98. The van der Waals surface area contributed by atoms with E-state index in [2.05, 4.69) is 26.2 Å². The molecule has 0 atom stereocenters. The van der Waals surface area contributed by atoms with E-state index < -0.39 is 0 Å². The van der Waals surface area contributed by atoms with Gasteiger partial charge >= 0.3 is 0 Å². The highest BCUT2D eigenvalue weighted by Gasteiger charge is 2.13. The molecule has 3 N–H and O–H groups in total. The molecular formula is C15H16BrN3O. The van der Waals surface area contributed by atoms with Crippen LogP contribution in [0.5, 0.6) is 0 Å². The minimum Gasteiger partial charge on any atom is -0.398 e. The molecule has 104 valence electrons. The van der Waals surface area contributed by atoms with Crippen LogP contribution in [0, 0.1) is 20.8 Å². The lowest BCUT2D eigenvalue weighted by molar-refractivity contribution is 0.102. The van der Waals surface area contributed by atoms with Crippen molar-refractivity contribution in [3.63, 3.8) is 0 Å². The second-order valence-electron chi connectivity index (χ2n) is 4.80. The number of amides is 1. The molecule has 2 aromatic rings. The normalized spacial score (nSPS) is 10.4. The Morgan fingerprint density at radius 2 is 1.85 bits per heavy atom. The predicted molar refractivity (Wildman–Crippen MR) is 85.0 cm³/mol. The van der Waals surface area contributed by atoms with Gasteiger partial charge in [0.15, 0.2) is 0 Å². The smallest absolute Gasteiger partial charge is 0.257 e. The molecule has 0 radical (unpaired) electrons. The second-order valence-corrected chi connectivity index (χ2v) is 5.71. The van der Waals surface area contributed by atoms with Crippen LogP contribution in [0.3, 0.4) is 0 Å². The van der Waals surface area contributed by atoms with Crippen LogP contribution in [-0.2, 0) is 0 Å². The van der Waals surface area contributed by atoms with E-state index in [0.717, 1.165) is 21.2 Å². The number of halogens is 1. The lowest BCUT2D eigenvalue weighted by Gasteiger charge is -2.11. The maximum Gasteiger partial charge on any atom is 0.257 e. The van der Waals surface area contributed by atoms with E-state index >= 15 is 0 Å². The minimum atomic E-state index is -0.202. The maximum absolute atomic E-state index is 12.3. The summed E-state index contributed by atoms with van der Waals surface area (Å²) in [6, 6.07) is 5.51. The second kappa shape index (κ2) is 5.63. The van der Waals surface area contributed by atoms with Crippen LogP contribution in [0.4, 0.5) is 11.5 Å². The molecule has 4 nitrogen and oxygen atoms in total. The first kappa shape index (κ1) is 14.5. The van der Waals surface area contributed by atoms with Crippen molar-refractivity contribution in [1.82, 2.24) is 4.98 Å². The van der Waals surface area contributed by atoms with Crippen molar-refractivity contribution >= 4 is 33.3 Å². The molecule has 0 spiro atoms. The van der Waals surface area contributed by atoms with E-state index in [4.69, 9.17) is 5.73 Å². The zero-order valence-corrected chi connectivity index (χ0v) is 13.2. The van der Waals surface area contributed by atoms with Gasteiger partial charge in [0.1, 0.15) is 5.82 Å². The Labute approximate surface area is 126 Å². The summed E-state index contributed by atoms with van der Waals surface area (Å²) < 4.78 is 0.878. The van der Waals surface area contributed by atoms with Gasteiger partial charge < -0.3 is 11.1 Å². The highest BCUT2D eigenvalue weighted by Crippen LogP contribution is 2.21. The highest BCUT2D eigenvalue weighted by molar-refractivity contribution is 9.10. The van der Waals surface area contributed by atoms with E-state index in [0.29, 0.717) is 17.1 Å². The number of anilines is 2. The number of aromatic nitrogens is 1. The van der Waals surface area contributed by atoms with Gasteiger partial charge in [0.2, 0.25) is 0 Å². The molecule has 5 heteroatoms. The Kier molecular flexibility index (Phi) is 4.09. The zero-order valence-electron chi connectivity index (χ0n) is 11.6. The largest absolute Gasteiger partial charge is 0.398 e. The maximum atomic E-state index is 12.3. The van der Waals surface area contributed by atoms with Gasteiger partial charge in [-0.15, -0.1) is 0 Å². The molecule has 0 aliphatic heterocycles. The van der Waals surface area contributed by atoms with Gasteiger partial charge in [-0.05, 0) is 65.5 Å². The predicted octanol–water partition coefficient (Wildman–Crippen LogP) is 3.60. The molecule has 0 fully saturated rings. The van der Waals surface area contributed by atoms with E-state index in [-0.39, 0.29) is 5.91 Å². The summed E-state index contributed by atoms with van der Waals surface area (Å²) in [5.74, 6) is 0.351. The molecule has 0 saturated heterocycles. The van der Waals surface area contributed by atoms with Crippen LogP contribution < -0.4 is 11.1 Å². The zero-order chi connectivity index (χ0) is 14.9. The monoisotopic (exact) mass is 333 g/mol. The lowest BCUT2D eigenvalue weighted by Crippen LogP contribution is -2.16. The molecule has 0 aliphatic carbocycles. The number of rotatable bonds is 2. The number of benzene rings is 1. The van der Waals surface area contributed by atoms with Gasteiger partial charge in [-0.3, -0.25) is 4.79 Å². The Balaban J connectivity index is 2.31. The van der Waals surface area contributed by atoms with Gasteiger partial charge in [0.05, 0.1) is 0 Å². The molecular weight excluding hydrogens is 318 g/mol. The third-order valence-electron chi connectivity index (χ3n) is 3.13. The standard InChI is InChI=1S/C15H16BrN3O/c1-8-4-9(2)13(17)6-12(8)15(20)19-14-10(3)5-11(16)7-18-14/h4-7H,17H2,1-3H3,(H,18,19,20). The Morgan fingerprint density at radius 3 is 2.50 bits per heavy atom. The Hall–Kier alpha value is -1.88. The molecule has 1 aromatic carbocycles. The molecule has 20 heavy (non-hydrogen) atoms. The third kappa shape index (κ3) is 2.99. The number of nitrogen functional groups attached to an aromatic ring is 1. The van der Waals surface area contributed by atoms with Crippen molar-refractivity contribution in [3.05, 3.63) is 51.1 Å². The van der Waals surface area contributed by atoms with E-state index in [1.807, 2.05) is 32.9 Å². The van der Waals surface area contributed by atoms with Gasteiger partial charge in [-0.1, -0.05) is 6.07 Å². The van der Waals surface area contributed by atoms with Gasteiger partial charge in [0.25, 0.3) is 5.91 Å². The van der Waals surface area contributed by atoms with Crippen molar-refractivity contribution in [2.45, 2.75) is 20.8 Å². The van der Waals surface area contributed by atoms with Crippen molar-refractivity contribution in [2.75, 3.05) is 11.1 Å². The molecule has 0 aliphatic rings. The molecule has 2 rings (SSSR count). The topological polar surface area (TPSA) is 68.0 Å². The lowest BCUT2D eigenvalue weighted by atomic mass is 10.0. The van der Waals surface area contributed by atoms with Gasteiger partial charge in [-0.2, -0.15) is 0 Å². The van der Waals surface area contributed by atoms with Crippen molar-refractivity contribution in [3.8, 4) is 0 Å². The molecule has 1 heterocycles. The number of nitrogens with zero attached hydrogens (tertiary/aromatic N) is 1. The van der Waals surface area contributed by atoms with Crippen LogP contribution in [0.1, 0.15) is 27.0 Å². The summed E-state index contributed by atoms with van der Waals surface area (Å²) in [7, 11) is 0. The first-order chi connectivity index (χ1) is 9.38. The molecule has 0 saturated carbocycles. The van der Waals surface area contributed by atoms with E-state index in [1.54, 1.807) is 12.3 Å². The average Bonchev–Trinajstić information content (AvgIpc) is 2.37. The number of hydrogen-bond acceptors (Lipinski definition) is 3. The Morgan fingerprint density at radius 1 is 1.15 bits per heavy atom. The first-order valence-electron chi connectivity index (χ1n) is 6.18. The molecule has 0 unspecified atom stereocenters. The number of carbonyl (C=O) groups excluding carboxylic acids is 1. The van der Waals surface area contributed by atoms with Crippen molar-refractivity contribution < 1.29 is 4.79 Å². The number of nitrogens with two attached hydrogens (primary N) is 1. The van der Waals surface area contributed by atoms with Crippen LogP contribution in [0.2, 0.25) is 0 Å². The summed E-state index contributed by atoms with van der Waals surface area (Å²) >= 11 is 3.34. The van der Waals surface area contributed by atoms with Crippen molar-refractivity contribution in [2.24, 2.45) is 0 Å². The fourth-order valence-corrected chi connectivity index (χ4v) is 2.41. The summed E-state index contributed by atoms with van der Waals surface area (Å²) in [6.45, 7) is 5.71. The van der Waals surface area contributed by atoms with E-state index in [9.17, 15) is 4.79 Å². The number of pyridine rings is 1. The molecule has 1 amide bonds. The number of aryl methyl sites for hydroxylation is 3. The molecule has 0 bridgehead atoms. The fraction of sp³-hybridized carbons (Fsp3) is 0.200. The van der Waals surface area contributed by atoms with E-state index in [1.165, 1.54) is 0 Å². The SMILES string of the molecule is Cc1cc(C)c(C(=O)Nc2ncc(Br)cc2C)cc1N. The summed E-state index contributed by atoms with van der Waals surface area (Å²) in [6.07, 6.45) is 1.65. The fourth-order valence-electron chi connectivity index (χ4n) is 1.96. The van der Waals surface area contributed by atoms with Gasteiger partial charge in [-0.25, -0.2) is 4.98 Å². The van der Waals surface area contributed by atoms with Crippen LogP contribution in [0.25, 0.3) is 0 Å². The number of carbonyl (C=O) groups is 1. The minimum absolute atomic E-state index is 0.202. The Bertz CT molecular complexity index is 683. The summed E-state index contributed by atoms with van der Waals surface area (Å²) in [5.41, 5.74) is 9.80. The van der Waals surface area contributed by atoms with Crippen LogP contribution in [-0.4, -0.2) is 10.9 Å².